The Bertz CT molecular complexity index is 834. The third-order valence-electron chi connectivity index (χ3n) is 4.83. The van der Waals surface area contributed by atoms with Gasteiger partial charge in [-0.25, -0.2) is 0 Å². The van der Waals surface area contributed by atoms with E-state index in [0.29, 0.717) is 10.7 Å². The van der Waals surface area contributed by atoms with Crippen molar-refractivity contribution < 1.29 is 4.79 Å². The summed E-state index contributed by atoms with van der Waals surface area (Å²) in [4.78, 5) is 14.8. The molecule has 2 rings (SSSR count). The van der Waals surface area contributed by atoms with Gasteiger partial charge < -0.3 is 10.2 Å². The molecule has 2 aromatic rings. The number of anilines is 2. The smallest absolute Gasteiger partial charge is 0.257 e. The van der Waals surface area contributed by atoms with Gasteiger partial charge in [0.05, 0.1) is 0 Å². The Balaban J connectivity index is 2.02. The second kappa shape index (κ2) is 9.20. The van der Waals surface area contributed by atoms with E-state index in [4.69, 9.17) is 12.2 Å². The van der Waals surface area contributed by atoms with Crippen molar-refractivity contribution in [3.05, 3.63) is 59.2 Å². The first-order chi connectivity index (χ1) is 13.2. The molecule has 0 aliphatic heterocycles. The predicted octanol–water partition coefficient (Wildman–Crippen LogP) is 5.27. The minimum atomic E-state index is -0.213. The molecule has 0 aromatic heterocycles. The quantitative estimate of drug-likeness (QED) is 0.675. The molecule has 150 valence electrons. The fourth-order valence-electron chi connectivity index (χ4n) is 3.02. The van der Waals surface area contributed by atoms with Gasteiger partial charge >= 0.3 is 0 Å². The van der Waals surface area contributed by atoms with Gasteiger partial charge in [-0.2, -0.15) is 0 Å². The minimum Gasteiger partial charge on any atom is -0.372 e. The van der Waals surface area contributed by atoms with Crippen LogP contribution in [0, 0.1) is 6.92 Å². The molecule has 0 atom stereocenters. The van der Waals surface area contributed by atoms with Crippen molar-refractivity contribution in [2.24, 2.45) is 0 Å². The molecule has 0 heterocycles. The van der Waals surface area contributed by atoms with Crippen LogP contribution in [0.2, 0.25) is 0 Å². The summed E-state index contributed by atoms with van der Waals surface area (Å²) >= 11 is 5.33. The zero-order valence-electron chi connectivity index (χ0n) is 17.7. The summed E-state index contributed by atoms with van der Waals surface area (Å²) in [6.07, 6.45) is 0. The molecule has 0 aliphatic carbocycles. The second-order valence-electron chi connectivity index (χ2n) is 7.91. The SMILES string of the molecule is CCN(CC)c1ccc(NC(=S)NC(=O)c2ccc(C(C)(C)C)cc2)c(C)c1. The third kappa shape index (κ3) is 5.55. The third-order valence-corrected chi connectivity index (χ3v) is 5.03. The Kier molecular flexibility index (Phi) is 7.19. The van der Waals surface area contributed by atoms with Crippen LogP contribution in [0.15, 0.2) is 42.5 Å². The standard InChI is InChI=1S/C23H31N3OS/c1-7-26(8-2)19-13-14-20(16(3)15-19)24-22(28)25-21(27)17-9-11-18(12-10-17)23(4,5)6/h9-15H,7-8H2,1-6H3,(H2,24,25,27,28). The summed E-state index contributed by atoms with van der Waals surface area (Å²) in [5.74, 6) is -0.213. The van der Waals surface area contributed by atoms with Gasteiger partial charge in [0, 0.05) is 30.0 Å². The predicted molar refractivity (Wildman–Crippen MR) is 124 cm³/mol. The molecular weight excluding hydrogens is 366 g/mol. The zero-order chi connectivity index (χ0) is 20.9. The van der Waals surface area contributed by atoms with E-state index in [0.717, 1.165) is 24.3 Å². The van der Waals surface area contributed by atoms with Crippen molar-refractivity contribution in [2.75, 3.05) is 23.3 Å². The molecule has 0 bridgehead atoms. The maximum atomic E-state index is 12.5. The number of thiocarbonyl (C=S) groups is 1. The molecule has 28 heavy (non-hydrogen) atoms. The highest BCUT2D eigenvalue weighted by atomic mass is 32.1. The number of rotatable bonds is 5. The molecule has 0 fully saturated rings. The largest absolute Gasteiger partial charge is 0.372 e. The van der Waals surface area contributed by atoms with Gasteiger partial charge in [-0.3, -0.25) is 10.1 Å². The first-order valence-electron chi connectivity index (χ1n) is 9.74. The number of hydrogen-bond donors (Lipinski definition) is 2. The molecule has 0 unspecified atom stereocenters. The van der Waals surface area contributed by atoms with Gasteiger partial charge in [-0.15, -0.1) is 0 Å². The second-order valence-corrected chi connectivity index (χ2v) is 8.32. The summed E-state index contributed by atoms with van der Waals surface area (Å²) in [6.45, 7) is 14.7. The lowest BCUT2D eigenvalue weighted by Gasteiger charge is -2.22. The first-order valence-corrected chi connectivity index (χ1v) is 10.1. The van der Waals surface area contributed by atoms with Gasteiger partial charge in [0.15, 0.2) is 5.11 Å². The van der Waals surface area contributed by atoms with Crippen molar-refractivity contribution in [1.29, 1.82) is 0 Å². The average Bonchev–Trinajstić information content (AvgIpc) is 2.64. The summed E-state index contributed by atoms with van der Waals surface area (Å²) < 4.78 is 0. The highest BCUT2D eigenvalue weighted by Crippen LogP contribution is 2.23. The molecular formula is C23H31N3OS. The number of nitrogens with one attached hydrogen (secondary N) is 2. The highest BCUT2D eigenvalue weighted by molar-refractivity contribution is 7.80. The van der Waals surface area contributed by atoms with E-state index in [1.165, 1.54) is 11.3 Å². The lowest BCUT2D eigenvalue weighted by atomic mass is 9.87. The molecule has 0 saturated heterocycles. The summed E-state index contributed by atoms with van der Waals surface area (Å²) in [5.41, 5.74) is 4.99. The summed E-state index contributed by atoms with van der Waals surface area (Å²) in [5, 5.41) is 6.19. The van der Waals surface area contributed by atoms with E-state index in [1.807, 2.05) is 37.3 Å². The van der Waals surface area contributed by atoms with Crippen molar-refractivity contribution >= 4 is 34.6 Å². The van der Waals surface area contributed by atoms with E-state index in [2.05, 4.69) is 62.3 Å². The van der Waals surface area contributed by atoms with Crippen molar-refractivity contribution in [2.45, 2.75) is 47.0 Å². The molecule has 0 saturated carbocycles. The molecule has 5 heteroatoms. The van der Waals surface area contributed by atoms with Gasteiger partial charge in [0.25, 0.3) is 5.91 Å². The van der Waals surface area contributed by atoms with Crippen LogP contribution >= 0.6 is 12.2 Å². The van der Waals surface area contributed by atoms with E-state index < -0.39 is 0 Å². The van der Waals surface area contributed by atoms with Gasteiger partial charge in [-0.05, 0) is 79.9 Å². The van der Waals surface area contributed by atoms with Crippen LogP contribution in [0.25, 0.3) is 0 Å². The van der Waals surface area contributed by atoms with Crippen LogP contribution < -0.4 is 15.5 Å². The Morgan fingerprint density at radius 1 is 1.04 bits per heavy atom. The molecule has 2 N–H and O–H groups in total. The molecule has 0 spiro atoms. The summed E-state index contributed by atoms with van der Waals surface area (Å²) in [6, 6.07) is 13.8. The molecule has 2 aromatic carbocycles. The van der Waals surface area contributed by atoms with Gasteiger partial charge in [-0.1, -0.05) is 32.9 Å². The molecule has 4 nitrogen and oxygen atoms in total. The molecule has 0 radical (unpaired) electrons. The van der Waals surface area contributed by atoms with Crippen molar-refractivity contribution in [3.63, 3.8) is 0 Å². The van der Waals surface area contributed by atoms with E-state index in [-0.39, 0.29) is 11.3 Å². The Labute approximate surface area is 174 Å². The summed E-state index contributed by atoms with van der Waals surface area (Å²) in [7, 11) is 0. The topological polar surface area (TPSA) is 44.4 Å². The molecule has 0 aliphatic rings. The number of carbonyl (C=O) groups excluding carboxylic acids is 1. The van der Waals surface area contributed by atoms with Crippen LogP contribution in [0.1, 0.15) is 56.1 Å². The van der Waals surface area contributed by atoms with Gasteiger partial charge in [0.1, 0.15) is 0 Å². The zero-order valence-corrected chi connectivity index (χ0v) is 18.5. The van der Waals surface area contributed by atoms with Crippen LogP contribution in [-0.4, -0.2) is 24.1 Å². The number of aryl methyl sites for hydroxylation is 1. The minimum absolute atomic E-state index is 0.0562. The number of amides is 1. The monoisotopic (exact) mass is 397 g/mol. The maximum absolute atomic E-state index is 12.5. The van der Waals surface area contributed by atoms with Crippen LogP contribution in [-0.2, 0) is 5.41 Å². The number of nitrogens with zero attached hydrogens (tertiary/aromatic N) is 1. The molecule has 1 amide bonds. The lowest BCUT2D eigenvalue weighted by molar-refractivity contribution is 0.0977. The Morgan fingerprint density at radius 3 is 2.14 bits per heavy atom. The average molecular weight is 398 g/mol. The van der Waals surface area contributed by atoms with Crippen LogP contribution in [0.3, 0.4) is 0 Å². The van der Waals surface area contributed by atoms with Crippen LogP contribution in [0.4, 0.5) is 11.4 Å². The normalized spacial score (nSPS) is 11.1. The van der Waals surface area contributed by atoms with Gasteiger partial charge in [0.2, 0.25) is 0 Å². The number of hydrogen-bond acceptors (Lipinski definition) is 3. The highest BCUT2D eigenvalue weighted by Gasteiger charge is 2.15. The van der Waals surface area contributed by atoms with Crippen molar-refractivity contribution in [3.8, 4) is 0 Å². The first kappa shape index (κ1) is 21.9. The fourth-order valence-corrected chi connectivity index (χ4v) is 3.23. The lowest BCUT2D eigenvalue weighted by Crippen LogP contribution is -2.34. The van der Waals surface area contributed by atoms with E-state index in [1.54, 1.807) is 0 Å². The number of carbonyl (C=O) groups is 1. The van der Waals surface area contributed by atoms with E-state index in [9.17, 15) is 4.79 Å². The van der Waals surface area contributed by atoms with Crippen LogP contribution in [0.5, 0.6) is 0 Å². The van der Waals surface area contributed by atoms with Crippen molar-refractivity contribution in [1.82, 2.24) is 5.32 Å². The number of benzene rings is 2. The Morgan fingerprint density at radius 2 is 1.64 bits per heavy atom. The Hall–Kier alpha value is -2.40. The fraction of sp³-hybridized carbons (Fsp3) is 0.391. The maximum Gasteiger partial charge on any atom is 0.257 e. The van der Waals surface area contributed by atoms with E-state index >= 15 is 0 Å².